The van der Waals surface area contributed by atoms with E-state index in [-0.39, 0.29) is 0 Å². The quantitative estimate of drug-likeness (QED) is 0.457. The number of hydrogen-bond acceptors (Lipinski definition) is 3. The van der Waals surface area contributed by atoms with Gasteiger partial charge in [0.1, 0.15) is 6.73 Å². The third-order valence-electron chi connectivity index (χ3n) is 0.671. The van der Waals surface area contributed by atoms with Crippen LogP contribution in [0.25, 0.3) is 0 Å². The van der Waals surface area contributed by atoms with E-state index >= 15 is 0 Å². The highest BCUT2D eigenvalue weighted by molar-refractivity contribution is 6.30. The SMILES string of the molecule is N=C1C=NCOC1. The molecule has 0 bridgehead atoms. The minimum atomic E-state index is 0.419. The molecule has 0 spiro atoms. The number of hydrogen-bond donors (Lipinski definition) is 1. The van der Waals surface area contributed by atoms with Crippen LogP contribution in [0, 0.1) is 5.41 Å². The van der Waals surface area contributed by atoms with Crippen LogP contribution in [0.5, 0.6) is 0 Å². The molecule has 0 aromatic heterocycles. The van der Waals surface area contributed by atoms with Crippen LogP contribution in [0.1, 0.15) is 0 Å². The van der Waals surface area contributed by atoms with Gasteiger partial charge in [-0.1, -0.05) is 0 Å². The number of nitrogens with zero attached hydrogens (tertiary/aromatic N) is 1. The number of rotatable bonds is 0. The molecule has 0 fully saturated rings. The lowest BCUT2D eigenvalue weighted by Gasteiger charge is -2.02. The van der Waals surface area contributed by atoms with Crippen molar-refractivity contribution < 1.29 is 4.74 Å². The molecule has 0 amide bonds. The standard InChI is InChI=1S/C4H6N2O/c5-4-1-6-3-7-2-4/h1,5H,2-3H2. The maximum Gasteiger partial charge on any atom is 0.138 e. The second kappa shape index (κ2) is 1.84. The van der Waals surface area contributed by atoms with Gasteiger partial charge < -0.3 is 10.1 Å². The Morgan fingerprint density at radius 3 is 3.00 bits per heavy atom. The van der Waals surface area contributed by atoms with Crippen molar-refractivity contribution in [2.24, 2.45) is 4.99 Å². The number of ether oxygens (including phenoxy) is 1. The Kier molecular flexibility index (Phi) is 1.17. The molecule has 7 heavy (non-hydrogen) atoms. The third-order valence-corrected chi connectivity index (χ3v) is 0.671. The Bertz CT molecular complexity index is 108. The summed E-state index contributed by atoms with van der Waals surface area (Å²) in [6, 6.07) is 0. The summed E-state index contributed by atoms with van der Waals surface area (Å²) in [5, 5.41) is 6.91. The van der Waals surface area contributed by atoms with Crippen molar-refractivity contribution in [3.8, 4) is 0 Å². The average Bonchev–Trinajstić information content (AvgIpc) is 1.69. The molecule has 0 unspecified atom stereocenters. The van der Waals surface area contributed by atoms with Crippen molar-refractivity contribution in [3.05, 3.63) is 0 Å². The fourth-order valence-corrected chi connectivity index (χ4v) is 0.393. The number of nitrogens with one attached hydrogen (secondary N) is 1. The zero-order chi connectivity index (χ0) is 5.11. The zero-order valence-corrected chi connectivity index (χ0v) is 3.85. The van der Waals surface area contributed by atoms with Crippen molar-refractivity contribution in [3.63, 3.8) is 0 Å². The van der Waals surface area contributed by atoms with E-state index in [1.807, 2.05) is 0 Å². The van der Waals surface area contributed by atoms with Crippen molar-refractivity contribution in [2.45, 2.75) is 0 Å². The fourth-order valence-electron chi connectivity index (χ4n) is 0.393. The molecule has 0 aliphatic carbocycles. The second-order valence-electron chi connectivity index (χ2n) is 1.31. The molecule has 1 aliphatic rings. The van der Waals surface area contributed by atoms with Crippen LogP contribution in [0.3, 0.4) is 0 Å². The summed E-state index contributed by atoms with van der Waals surface area (Å²) in [7, 11) is 0. The van der Waals surface area contributed by atoms with E-state index in [0.717, 1.165) is 0 Å². The molecule has 3 nitrogen and oxygen atoms in total. The molecule has 1 rings (SSSR count). The van der Waals surface area contributed by atoms with E-state index in [0.29, 0.717) is 19.0 Å². The Morgan fingerprint density at radius 2 is 2.71 bits per heavy atom. The molecule has 0 saturated heterocycles. The maximum atomic E-state index is 6.91. The minimum Gasteiger partial charge on any atom is -0.353 e. The second-order valence-corrected chi connectivity index (χ2v) is 1.31. The first-order valence-electron chi connectivity index (χ1n) is 2.04. The summed E-state index contributed by atoms with van der Waals surface area (Å²) in [5.74, 6) is 0. The molecular weight excluding hydrogens is 92.1 g/mol. The monoisotopic (exact) mass is 98.0 g/mol. The first-order chi connectivity index (χ1) is 3.39. The molecule has 0 atom stereocenters. The lowest BCUT2D eigenvalue weighted by molar-refractivity contribution is 0.178. The van der Waals surface area contributed by atoms with Gasteiger partial charge in [-0.15, -0.1) is 0 Å². The van der Waals surface area contributed by atoms with E-state index in [1.165, 1.54) is 6.21 Å². The molecule has 1 N–H and O–H groups in total. The van der Waals surface area contributed by atoms with Crippen LogP contribution >= 0.6 is 0 Å². The van der Waals surface area contributed by atoms with E-state index in [1.54, 1.807) is 0 Å². The summed E-state index contributed by atoms with van der Waals surface area (Å²) in [5.41, 5.74) is 0.450. The molecule has 0 aromatic rings. The van der Waals surface area contributed by atoms with Gasteiger partial charge in [0.25, 0.3) is 0 Å². The molecule has 0 aromatic carbocycles. The Balaban J connectivity index is 2.51. The predicted molar refractivity (Wildman–Crippen MR) is 27.0 cm³/mol. The first-order valence-corrected chi connectivity index (χ1v) is 2.04. The van der Waals surface area contributed by atoms with Gasteiger partial charge in [-0.25, -0.2) is 0 Å². The highest BCUT2D eigenvalue weighted by atomic mass is 16.5. The molecule has 1 heterocycles. The first kappa shape index (κ1) is 4.46. The Labute approximate surface area is 41.5 Å². The topological polar surface area (TPSA) is 45.4 Å². The lowest BCUT2D eigenvalue weighted by Crippen LogP contribution is -2.14. The normalized spacial score (nSPS) is 20.3. The molecule has 38 valence electrons. The molecule has 0 saturated carbocycles. The van der Waals surface area contributed by atoms with Crippen molar-refractivity contribution in [1.29, 1.82) is 5.41 Å². The molecule has 3 heteroatoms. The van der Waals surface area contributed by atoms with Gasteiger partial charge in [0.05, 0.1) is 12.3 Å². The average molecular weight is 98.1 g/mol. The van der Waals surface area contributed by atoms with Gasteiger partial charge in [-0.2, -0.15) is 0 Å². The van der Waals surface area contributed by atoms with Gasteiger partial charge in [0.2, 0.25) is 0 Å². The number of aliphatic imine (C=N–C) groups is 1. The van der Waals surface area contributed by atoms with E-state index in [4.69, 9.17) is 10.1 Å². The molecule has 0 radical (unpaired) electrons. The summed E-state index contributed by atoms with van der Waals surface area (Å²) < 4.78 is 4.76. The summed E-state index contributed by atoms with van der Waals surface area (Å²) in [6.07, 6.45) is 1.52. The highest BCUT2D eigenvalue weighted by Crippen LogP contribution is 1.83. The van der Waals surface area contributed by atoms with Gasteiger partial charge in [0, 0.05) is 6.21 Å². The van der Waals surface area contributed by atoms with Crippen LogP contribution in [-0.4, -0.2) is 25.3 Å². The highest BCUT2D eigenvalue weighted by Gasteiger charge is 1.95. The molecular formula is C4H6N2O. The van der Waals surface area contributed by atoms with E-state index in [2.05, 4.69) is 4.99 Å². The van der Waals surface area contributed by atoms with Crippen LogP contribution in [0.15, 0.2) is 4.99 Å². The van der Waals surface area contributed by atoms with Crippen LogP contribution < -0.4 is 0 Å². The smallest absolute Gasteiger partial charge is 0.138 e. The Hall–Kier alpha value is -0.700. The summed E-state index contributed by atoms with van der Waals surface area (Å²) in [4.78, 5) is 3.69. The van der Waals surface area contributed by atoms with Gasteiger partial charge in [0.15, 0.2) is 0 Å². The van der Waals surface area contributed by atoms with E-state index < -0.39 is 0 Å². The van der Waals surface area contributed by atoms with Crippen LogP contribution in [0.4, 0.5) is 0 Å². The predicted octanol–water partition coefficient (Wildman–Crippen LogP) is 0.0647. The largest absolute Gasteiger partial charge is 0.353 e. The van der Waals surface area contributed by atoms with Crippen molar-refractivity contribution >= 4 is 11.9 Å². The summed E-state index contributed by atoms with van der Waals surface area (Å²) >= 11 is 0. The zero-order valence-electron chi connectivity index (χ0n) is 3.85. The lowest BCUT2D eigenvalue weighted by atomic mass is 10.4. The van der Waals surface area contributed by atoms with Crippen molar-refractivity contribution in [2.75, 3.05) is 13.3 Å². The molecule has 1 aliphatic heterocycles. The van der Waals surface area contributed by atoms with Crippen LogP contribution in [-0.2, 0) is 4.74 Å². The Morgan fingerprint density at radius 1 is 1.86 bits per heavy atom. The van der Waals surface area contributed by atoms with Gasteiger partial charge in [-0.3, -0.25) is 4.99 Å². The van der Waals surface area contributed by atoms with Gasteiger partial charge in [-0.05, 0) is 0 Å². The fraction of sp³-hybridized carbons (Fsp3) is 0.500. The summed E-state index contributed by atoms with van der Waals surface area (Å²) in [6.45, 7) is 0.839. The minimum absolute atomic E-state index is 0.419. The maximum absolute atomic E-state index is 6.91. The third kappa shape index (κ3) is 1.08. The van der Waals surface area contributed by atoms with E-state index in [9.17, 15) is 0 Å². The van der Waals surface area contributed by atoms with Crippen LogP contribution in [0.2, 0.25) is 0 Å². The van der Waals surface area contributed by atoms with Crippen molar-refractivity contribution in [1.82, 2.24) is 0 Å². The van der Waals surface area contributed by atoms with Gasteiger partial charge >= 0.3 is 0 Å².